The normalized spacial score (nSPS) is 19.0. The van der Waals surface area contributed by atoms with Crippen LogP contribution in [-0.4, -0.2) is 72.2 Å². The molecule has 2 aromatic rings. The van der Waals surface area contributed by atoms with Crippen molar-refractivity contribution in [3.63, 3.8) is 0 Å². The lowest BCUT2D eigenvalue weighted by Gasteiger charge is -2.38. The van der Waals surface area contributed by atoms with Crippen LogP contribution in [0, 0.1) is 0 Å². The number of aromatic nitrogens is 1. The molecule has 3 rings (SSSR count). The molecular formula is C24H23ClF8N6O2. The van der Waals surface area contributed by atoms with Gasteiger partial charge in [0.2, 0.25) is 5.91 Å². The number of amides is 2. The molecule has 2 amide bonds. The predicted octanol–water partition coefficient (Wildman–Crippen LogP) is 4.54. The molecule has 1 aromatic heterocycles. The molecule has 4 N–H and O–H groups in total. The number of piperidine rings is 1. The first-order valence-electron chi connectivity index (χ1n) is 11.8. The van der Waals surface area contributed by atoms with Crippen LogP contribution in [0.15, 0.2) is 40.5 Å². The van der Waals surface area contributed by atoms with Gasteiger partial charge in [0.15, 0.2) is 0 Å². The van der Waals surface area contributed by atoms with E-state index >= 15 is 0 Å². The topological polar surface area (TPSA) is 113 Å². The van der Waals surface area contributed by atoms with Gasteiger partial charge < -0.3 is 21.3 Å². The second kappa shape index (κ2) is 12.4. The summed E-state index contributed by atoms with van der Waals surface area (Å²) in [6, 6.07) is 2.96. The largest absolute Gasteiger partial charge is 0.433 e. The Morgan fingerprint density at radius 3 is 2.41 bits per heavy atom. The number of alkyl halides is 8. The van der Waals surface area contributed by atoms with Crippen molar-refractivity contribution in [3.8, 4) is 0 Å². The Hall–Kier alpha value is -3.69. The van der Waals surface area contributed by atoms with Crippen LogP contribution in [-0.2, 0) is 15.8 Å². The van der Waals surface area contributed by atoms with Crippen LogP contribution in [0.2, 0.25) is 5.02 Å². The van der Waals surface area contributed by atoms with Crippen LogP contribution < -0.4 is 16.4 Å². The molecule has 0 aliphatic carbocycles. The van der Waals surface area contributed by atoms with Crippen molar-refractivity contribution in [2.24, 2.45) is 10.7 Å². The molecule has 17 heteroatoms. The number of allylic oxidation sites excluding steroid dienone is 1. The molecule has 2 atom stereocenters. The van der Waals surface area contributed by atoms with Crippen molar-refractivity contribution >= 4 is 46.2 Å². The number of hydrogen-bond donors (Lipinski definition) is 3. The highest BCUT2D eigenvalue weighted by molar-refractivity contribution is 6.31. The fraction of sp³-hybridized carbons (Fsp3) is 0.417. The fourth-order valence-electron chi connectivity index (χ4n) is 4.14. The molecule has 0 bridgehead atoms. The zero-order chi connectivity index (χ0) is 30.7. The Morgan fingerprint density at radius 1 is 1.17 bits per heavy atom. The summed E-state index contributed by atoms with van der Waals surface area (Å²) in [7, 11) is 0. The van der Waals surface area contributed by atoms with Crippen molar-refractivity contribution in [3.05, 3.63) is 46.3 Å². The minimum atomic E-state index is -5.19. The predicted molar refractivity (Wildman–Crippen MR) is 135 cm³/mol. The lowest BCUT2D eigenvalue weighted by molar-refractivity contribution is -0.141. The maximum absolute atomic E-state index is 13.5. The summed E-state index contributed by atoms with van der Waals surface area (Å²) < 4.78 is 105. The maximum Gasteiger partial charge on any atom is 0.433 e. The van der Waals surface area contributed by atoms with E-state index in [1.807, 2.05) is 0 Å². The number of aliphatic imine (C=N–C) groups is 1. The Kier molecular flexibility index (Phi) is 9.66. The highest BCUT2D eigenvalue weighted by atomic mass is 35.5. The summed E-state index contributed by atoms with van der Waals surface area (Å²) in [6.07, 6.45) is -12.8. The van der Waals surface area contributed by atoms with Crippen molar-refractivity contribution in [2.75, 3.05) is 25.0 Å². The minimum Gasteiger partial charge on any atom is -0.394 e. The molecule has 1 aromatic carbocycles. The number of fused-ring (bicyclic) bond motifs is 1. The van der Waals surface area contributed by atoms with E-state index in [2.05, 4.69) is 20.6 Å². The number of nitrogens with zero attached hydrogens (tertiary/aromatic N) is 3. The van der Waals surface area contributed by atoms with Gasteiger partial charge >= 0.3 is 12.4 Å². The molecular weight excluding hydrogens is 592 g/mol. The summed E-state index contributed by atoms with van der Waals surface area (Å²) >= 11 is 6.02. The van der Waals surface area contributed by atoms with Crippen LogP contribution >= 0.6 is 11.6 Å². The molecule has 0 unspecified atom stereocenters. The van der Waals surface area contributed by atoms with Gasteiger partial charge in [0.05, 0.1) is 17.6 Å². The van der Waals surface area contributed by atoms with Crippen molar-refractivity contribution in [1.82, 2.24) is 15.2 Å². The summed E-state index contributed by atoms with van der Waals surface area (Å²) in [5, 5.41) is 5.63. The van der Waals surface area contributed by atoms with Crippen molar-refractivity contribution in [1.29, 1.82) is 0 Å². The van der Waals surface area contributed by atoms with Crippen molar-refractivity contribution < 1.29 is 44.7 Å². The van der Waals surface area contributed by atoms with E-state index < -0.39 is 66.2 Å². The number of carbonyl (C=O) groups is 2. The Bertz CT molecular complexity index is 1360. The lowest BCUT2D eigenvalue weighted by atomic mass is 9.99. The van der Waals surface area contributed by atoms with Crippen LogP contribution in [0.4, 0.5) is 40.8 Å². The highest BCUT2D eigenvalue weighted by Gasteiger charge is 2.38. The van der Waals surface area contributed by atoms with Gasteiger partial charge in [-0.3, -0.25) is 14.6 Å². The van der Waals surface area contributed by atoms with Crippen LogP contribution in [0.3, 0.4) is 0 Å². The third kappa shape index (κ3) is 8.41. The average molecular weight is 615 g/mol. The monoisotopic (exact) mass is 614 g/mol. The second-order valence-corrected chi connectivity index (χ2v) is 9.53. The Balaban J connectivity index is 1.93. The van der Waals surface area contributed by atoms with Crippen molar-refractivity contribution in [2.45, 2.75) is 44.2 Å². The SMILES string of the molecule is CC(=O)N1C[C@@H](NC(=O)C(C=NCC(F)F)=C(N)C(F)(F)F)C[C@@H](Nc2cc(C(F)(F)F)nc3ccc(Cl)cc23)C1. The molecule has 1 saturated heterocycles. The molecule has 0 spiro atoms. The van der Waals surface area contributed by atoms with E-state index in [1.165, 1.54) is 30.0 Å². The van der Waals surface area contributed by atoms with Gasteiger partial charge in [0.1, 0.15) is 11.4 Å². The summed E-state index contributed by atoms with van der Waals surface area (Å²) in [5.74, 6) is -1.88. The second-order valence-electron chi connectivity index (χ2n) is 9.10. The van der Waals surface area contributed by atoms with E-state index in [-0.39, 0.29) is 47.3 Å². The Labute approximate surface area is 232 Å². The number of likely N-dealkylation sites (tertiary alicyclic amines) is 1. The molecule has 0 saturated carbocycles. The smallest absolute Gasteiger partial charge is 0.394 e. The number of rotatable bonds is 7. The zero-order valence-electron chi connectivity index (χ0n) is 21.1. The van der Waals surface area contributed by atoms with Gasteiger partial charge in [-0.25, -0.2) is 13.8 Å². The highest BCUT2D eigenvalue weighted by Crippen LogP contribution is 2.35. The summed E-state index contributed by atoms with van der Waals surface area (Å²) in [5.41, 5.74) is 0.702. The summed E-state index contributed by atoms with van der Waals surface area (Å²) in [6.45, 7) is -0.187. The average Bonchev–Trinajstić information content (AvgIpc) is 2.84. The first-order chi connectivity index (χ1) is 19.0. The van der Waals surface area contributed by atoms with Crippen LogP contribution in [0.25, 0.3) is 10.9 Å². The van der Waals surface area contributed by atoms with Gasteiger partial charge in [-0.15, -0.1) is 0 Å². The Morgan fingerprint density at radius 2 is 1.83 bits per heavy atom. The fourth-order valence-corrected chi connectivity index (χ4v) is 4.31. The maximum atomic E-state index is 13.5. The minimum absolute atomic E-state index is 0.0311. The third-order valence-corrected chi connectivity index (χ3v) is 6.19. The molecule has 1 aliphatic rings. The molecule has 1 fully saturated rings. The molecule has 224 valence electrons. The molecule has 41 heavy (non-hydrogen) atoms. The molecule has 0 radical (unpaired) electrons. The van der Waals surface area contributed by atoms with Gasteiger partial charge in [-0.2, -0.15) is 26.3 Å². The number of anilines is 1. The molecule has 1 aliphatic heterocycles. The number of nitrogens with two attached hydrogens (primary N) is 1. The quantitative estimate of drug-likeness (QED) is 0.241. The number of pyridine rings is 1. The number of nitrogens with one attached hydrogen (secondary N) is 2. The van der Waals surface area contributed by atoms with Gasteiger partial charge in [-0.1, -0.05) is 11.6 Å². The van der Waals surface area contributed by atoms with E-state index in [9.17, 15) is 44.7 Å². The lowest BCUT2D eigenvalue weighted by Crippen LogP contribution is -2.56. The van der Waals surface area contributed by atoms with E-state index in [4.69, 9.17) is 17.3 Å². The number of hydrogen-bond acceptors (Lipinski definition) is 6. The number of benzene rings is 1. The van der Waals surface area contributed by atoms with E-state index in [0.717, 1.165) is 6.07 Å². The summed E-state index contributed by atoms with van der Waals surface area (Å²) in [4.78, 5) is 33.0. The standard InChI is InChI=1S/C24H23ClF8N6O2/c1-11(40)39-9-13(36-18-6-19(23(28,29)30)38-17-3-2-12(25)4-15(17)18)5-14(10-39)37-22(41)16(7-35-8-20(26)27)21(34)24(31,32)33/h2-4,6-7,13-14,20H,5,8-10,34H2,1H3,(H,36,38)(H,37,41)/t13-,14+/m1/s1. The van der Waals surface area contributed by atoms with Crippen LogP contribution in [0.5, 0.6) is 0 Å². The zero-order valence-corrected chi connectivity index (χ0v) is 21.8. The first kappa shape index (κ1) is 31.8. The van der Waals surface area contributed by atoms with Gasteiger partial charge in [-0.05, 0) is 30.7 Å². The van der Waals surface area contributed by atoms with E-state index in [1.54, 1.807) is 0 Å². The van der Waals surface area contributed by atoms with E-state index in [0.29, 0.717) is 0 Å². The van der Waals surface area contributed by atoms with Gasteiger partial charge in [0, 0.05) is 54.4 Å². The number of carbonyl (C=O) groups excluding carboxylic acids is 2. The third-order valence-electron chi connectivity index (χ3n) is 5.96. The first-order valence-corrected chi connectivity index (χ1v) is 12.2. The number of halogens is 9. The molecule has 2 heterocycles. The molecule has 8 nitrogen and oxygen atoms in total. The van der Waals surface area contributed by atoms with Gasteiger partial charge in [0.25, 0.3) is 12.3 Å². The van der Waals surface area contributed by atoms with Crippen LogP contribution in [0.1, 0.15) is 19.0 Å².